The predicted molar refractivity (Wildman–Crippen MR) is 100.0 cm³/mol. The van der Waals surface area contributed by atoms with E-state index in [1.165, 1.54) is 0 Å². The zero-order chi connectivity index (χ0) is 18.1. The highest BCUT2D eigenvalue weighted by molar-refractivity contribution is 5.98. The standard InChI is InChI=1S/C20H24N2O3/c1-3-21-17-12-11-16(20(24)25-4-2)14-18(17)22-19(23)13-10-15-8-6-5-7-9-15/h5-9,11-12,14,21H,3-4,10,13H2,1-2H3,(H,22,23). The van der Waals surface area contributed by atoms with E-state index in [2.05, 4.69) is 10.6 Å². The van der Waals surface area contributed by atoms with Crippen molar-refractivity contribution < 1.29 is 14.3 Å². The maximum absolute atomic E-state index is 12.3. The first kappa shape index (κ1) is 18.5. The molecule has 2 N–H and O–H groups in total. The Morgan fingerprint density at radius 2 is 1.76 bits per heavy atom. The Morgan fingerprint density at radius 3 is 2.44 bits per heavy atom. The molecule has 132 valence electrons. The van der Waals surface area contributed by atoms with Crippen LogP contribution in [0.25, 0.3) is 0 Å². The van der Waals surface area contributed by atoms with Gasteiger partial charge in [-0.15, -0.1) is 0 Å². The minimum atomic E-state index is -0.398. The predicted octanol–water partition coefficient (Wildman–Crippen LogP) is 3.87. The Balaban J connectivity index is 2.08. The van der Waals surface area contributed by atoms with Crippen LogP contribution in [0.3, 0.4) is 0 Å². The molecule has 0 aromatic heterocycles. The number of carbonyl (C=O) groups excluding carboxylic acids is 2. The van der Waals surface area contributed by atoms with E-state index in [9.17, 15) is 9.59 Å². The van der Waals surface area contributed by atoms with E-state index in [1.807, 2.05) is 37.3 Å². The first-order valence-corrected chi connectivity index (χ1v) is 8.52. The van der Waals surface area contributed by atoms with Crippen molar-refractivity contribution in [2.75, 3.05) is 23.8 Å². The largest absolute Gasteiger partial charge is 0.462 e. The molecule has 0 radical (unpaired) electrons. The third-order valence-electron chi connectivity index (χ3n) is 3.66. The summed E-state index contributed by atoms with van der Waals surface area (Å²) >= 11 is 0. The van der Waals surface area contributed by atoms with E-state index >= 15 is 0 Å². The number of hydrogen-bond donors (Lipinski definition) is 2. The number of esters is 1. The number of rotatable bonds is 8. The highest BCUT2D eigenvalue weighted by Crippen LogP contribution is 2.24. The molecule has 5 heteroatoms. The maximum atomic E-state index is 12.3. The van der Waals surface area contributed by atoms with Crippen LogP contribution in [-0.2, 0) is 16.0 Å². The summed E-state index contributed by atoms with van der Waals surface area (Å²) in [7, 11) is 0. The molecule has 2 aromatic rings. The molecule has 0 aliphatic carbocycles. The summed E-state index contributed by atoms with van der Waals surface area (Å²) in [4.78, 5) is 24.2. The van der Waals surface area contributed by atoms with Crippen molar-refractivity contribution in [2.45, 2.75) is 26.7 Å². The molecule has 0 bridgehead atoms. The van der Waals surface area contributed by atoms with Gasteiger partial charge in [0.1, 0.15) is 0 Å². The van der Waals surface area contributed by atoms with Crippen LogP contribution in [0.1, 0.15) is 36.2 Å². The van der Waals surface area contributed by atoms with Gasteiger partial charge < -0.3 is 15.4 Å². The summed E-state index contributed by atoms with van der Waals surface area (Å²) in [5, 5.41) is 6.08. The topological polar surface area (TPSA) is 67.4 Å². The fraction of sp³-hybridized carbons (Fsp3) is 0.300. The van der Waals surface area contributed by atoms with Crippen LogP contribution in [0.4, 0.5) is 11.4 Å². The van der Waals surface area contributed by atoms with Crippen molar-refractivity contribution in [1.82, 2.24) is 0 Å². The molecule has 0 fully saturated rings. The smallest absolute Gasteiger partial charge is 0.338 e. The second kappa shape index (κ2) is 9.47. The molecule has 0 saturated carbocycles. The SMILES string of the molecule is CCNc1ccc(C(=O)OCC)cc1NC(=O)CCc1ccccc1. The van der Waals surface area contributed by atoms with Gasteiger partial charge in [-0.3, -0.25) is 4.79 Å². The molecule has 0 saturated heterocycles. The summed E-state index contributed by atoms with van der Waals surface area (Å²) in [6, 6.07) is 15.0. The van der Waals surface area contributed by atoms with Crippen molar-refractivity contribution in [3.63, 3.8) is 0 Å². The Hall–Kier alpha value is -2.82. The molecular formula is C20H24N2O3. The van der Waals surface area contributed by atoms with Gasteiger partial charge in [0.15, 0.2) is 0 Å². The highest BCUT2D eigenvalue weighted by Gasteiger charge is 2.12. The van der Waals surface area contributed by atoms with Gasteiger partial charge in [0.2, 0.25) is 5.91 Å². The van der Waals surface area contributed by atoms with E-state index in [1.54, 1.807) is 25.1 Å². The second-order valence-corrected chi connectivity index (χ2v) is 5.54. The quantitative estimate of drug-likeness (QED) is 0.716. The summed E-state index contributed by atoms with van der Waals surface area (Å²) in [5.41, 5.74) is 2.90. The van der Waals surface area contributed by atoms with Gasteiger partial charge in [0.05, 0.1) is 23.5 Å². The van der Waals surface area contributed by atoms with Crippen LogP contribution in [0.2, 0.25) is 0 Å². The zero-order valence-electron chi connectivity index (χ0n) is 14.7. The first-order chi connectivity index (χ1) is 12.1. The van der Waals surface area contributed by atoms with Crippen molar-refractivity contribution in [1.29, 1.82) is 0 Å². The monoisotopic (exact) mass is 340 g/mol. The number of benzene rings is 2. The molecule has 2 rings (SSSR count). The molecule has 2 aromatic carbocycles. The fourth-order valence-electron chi connectivity index (χ4n) is 2.45. The summed E-state index contributed by atoms with van der Waals surface area (Å²) in [5.74, 6) is -0.491. The van der Waals surface area contributed by atoms with Gasteiger partial charge in [0, 0.05) is 13.0 Å². The van der Waals surface area contributed by atoms with Crippen LogP contribution in [-0.4, -0.2) is 25.0 Å². The van der Waals surface area contributed by atoms with Gasteiger partial charge in [-0.25, -0.2) is 4.79 Å². The Labute approximate surface area is 148 Å². The van der Waals surface area contributed by atoms with Crippen molar-refractivity contribution in [2.24, 2.45) is 0 Å². The Bertz CT molecular complexity index is 714. The molecule has 25 heavy (non-hydrogen) atoms. The lowest BCUT2D eigenvalue weighted by molar-refractivity contribution is -0.116. The number of anilines is 2. The number of carbonyl (C=O) groups is 2. The Kier molecular flexibility index (Phi) is 7.01. The van der Waals surface area contributed by atoms with Crippen LogP contribution in [0.15, 0.2) is 48.5 Å². The van der Waals surface area contributed by atoms with Crippen LogP contribution in [0, 0.1) is 0 Å². The molecule has 0 spiro atoms. The molecule has 0 unspecified atom stereocenters. The third-order valence-corrected chi connectivity index (χ3v) is 3.66. The van der Waals surface area contributed by atoms with Gasteiger partial charge in [0.25, 0.3) is 0 Å². The molecule has 1 amide bonds. The first-order valence-electron chi connectivity index (χ1n) is 8.52. The summed E-state index contributed by atoms with van der Waals surface area (Å²) < 4.78 is 5.02. The van der Waals surface area contributed by atoms with Crippen molar-refractivity contribution in [3.8, 4) is 0 Å². The summed E-state index contributed by atoms with van der Waals surface area (Å²) in [6.45, 7) is 4.76. The van der Waals surface area contributed by atoms with Gasteiger partial charge in [-0.1, -0.05) is 30.3 Å². The number of hydrogen-bond acceptors (Lipinski definition) is 4. The van der Waals surface area contributed by atoms with Crippen LogP contribution >= 0.6 is 0 Å². The lowest BCUT2D eigenvalue weighted by Gasteiger charge is -2.14. The lowest BCUT2D eigenvalue weighted by Crippen LogP contribution is -2.15. The van der Waals surface area contributed by atoms with Crippen LogP contribution in [0.5, 0.6) is 0 Å². The number of ether oxygens (including phenoxy) is 1. The van der Waals surface area contributed by atoms with E-state index in [0.29, 0.717) is 37.2 Å². The maximum Gasteiger partial charge on any atom is 0.338 e. The molecule has 0 aliphatic rings. The van der Waals surface area contributed by atoms with Gasteiger partial charge in [-0.05, 0) is 44.0 Å². The highest BCUT2D eigenvalue weighted by atomic mass is 16.5. The van der Waals surface area contributed by atoms with Crippen LogP contribution < -0.4 is 10.6 Å². The molecule has 0 aliphatic heterocycles. The van der Waals surface area contributed by atoms with Crippen molar-refractivity contribution >= 4 is 23.3 Å². The van der Waals surface area contributed by atoms with Gasteiger partial charge >= 0.3 is 5.97 Å². The zero-order valence-corrected chi connectivity index (χ0v) is 14.7. The fourth-order valence-corrected chi connectivity index (χ4v) is 2.45. The number of aryl methyl sites for hydroxylation is 1. The number of nitrogens with one attached hydrogen (secondary N) is 2. The lowest BCUT2D eigenvalue weighted by atomic mass is 10.1. The Morgan fingerprint density at radius 1 is 1.00 bits per heavy atom. The van der Waals surface area contributed by atoms with E-state index in [0.717, 1.165) is 11.3 Å². The minimum absolute atomic E-state index is 0.0935. The van der Waals surface area contributed by atoms with E-state index in [4.69, 9.17) is 4.74 Å². The average Bonchev–Trinajstić information content (AvgIpc) is 2.62. The van der Waals surface area contributed by atoms with E-state index in [-0.39, 0.29) is 5.91 Å². The molecular weight excluding hydrogens is 316 g/mol. The minimum Gasteiger partial charge on any atom is -0.462 e. The second-order valence-electron chi connectivity index (χ2n) is 5.54. The van der Waals surface area contributed by atoms with Gasteiger partial charge in [-0.2, -0.15) is 0 Å². The molecule has 5 nitrogen and oxygen atoms in total. The number of amides is 1. The molecule has 0 atom stereocenters. The normalized spacial score (nSPS) is 10.2. The third kappa shape index (κ3) is 5.64. The average molecular weight is 340 g/mol. The van der Waals surface area contributed by atoms with Crippen molar-refractivity contribution in [3.05, 3.63) is 59.7 Å². The summed E-state index contributed by atoms with van der Waals surface area (Å²) in [6.07, 6.45) is 1.04. The van der Waals surface area contributed by atoms with E-state index < -0.39 is 5.97 Å². The molecule has 0 heterocycles.